The van der Waals surface area contributed by atoms with Gasteiger partial charge in [0.05, 0.1) is 17.6 Å². The van der Waals surface area contributed by atoms with Crippen molar-refractivity contribution in [2.75, 3.05) is 27.2 Å². The molecule has 0 unspecified atom stereocenters. The van der Waals surface area contributed by atoms with Gasteiger partial charge in [-0.15, -0.1) is 0 Å². The summed E-state index contributed by atoms with van der Waals surface area (Å²) in [5.74, 6) is 0.765. The Morgan fingerprint density at radius 2 is 2.03 bits per heavy atom. The second kappa shape index (κ2) is 6.55. The summed E-state index contributed by atoms with van der Waals surface area (Å²) in [5, 5.41) is 24.5. The monoisotopic (exact) mass is 407 g/mol. The van der Waals surface area contributed by atoms with Crippen LogP contribution in [0.3, 0.4) is 0 Å². The molecule has 1 fully saturated rings. The van der Waals surface area contributed by atoms with E-state index in [1.54, 1.807) is 13.2 Å². The fourth-order valence-electron chi connectivity index (χ4n) is 5.62. The SMILES string of the molecule is COc1cccc([C@@]23CCN(C)C[C@@]2(O)Cc2c([nH]c4c([N+](=O)[O-])cccc24)C3)c1. The quantitative estimate of drug-likeness (QED) is 0.514. The number of aliphatic hydroxyl groups is 1. The first kappa shape index (κ1) is 19.1. The van der Waals surface area contributed by atoms with Gasteiger partial charge in [0.15, 0.2) is 0 Å². The number of ether oxygens (including phenoxy) is 1. The third-order valence-corrected chi connectivity index (χ3v) is 7.12. The Labute approximate surface area is 174 Å². The average Bonchev–Trinajstić information content (AvgIpc) is 3.08. The summed E-state index contributed by atoms with van der Waals surface area (Å²) in [4.78, 5) is 16.7. The Morgan fingerprint density at radius 1 is 1.23 bits per heavy atom. The summed E-state index contributed by atoms with van der Waals surface area (Å²) in [6.45, 7) is 1.42. The Balaban J connectivity index is 1.73. The molecule has 2 heterocycles. The summed E-state index contributed by atoms with van der Waals surface area (Å²) in [6, 6.07) is 13.1. The number of piperidine rings is 1. The number of benzene rings is 2. The fourth-order valence-corrected chi connectivity index (χ4v) is 5.62. The third-order valence-electron chi connectivity index (χ3n) is 7.12. The first-order chi connectivity index (χ1) is 14.4. The molecule has 156 valence electrons. The van der Waals surface area contributed by atoms with Crippen molar-refractivity contribution in [3.63, 3.8) is 0 Å². The van der Waals surface area contributed by atoms with E-state index in [-0.39, 0.29) is 10.6 Å². The van der Waals surface area contributed by atoms with Gasteiger partial charge in [-0.1, -0.05) is 24.3 Å². The van der Waals surface area contributed by atoms with Crippen molar-refractivity contribution in [2.24, 2.45) is 0 Å². The Morgan fingerprint density at radius 3 is 2.80 bits per heavy atom. The van der Waals surface area contributed by atoms with Crippen LogP contribution in [0, 0.1) is 10.1 Å². The van der Waals surface area contributed by atoms with Crippen LogP contribution < -0.4 is 4.74 Å². The molecule has 30 heavy (non-hydrogen) atoms. The molecule has 0 saturated carbocycles. The van der Waals surface area contributed by atoms with E-state index in [9.17, 15) is 15.2 Å². The number of H-pyrrole nitrogens is 1. The van der Waals surface area contributed by atoms with Crippen LogP contribution in [0.25, 0.3) is 10.9 Å². The van der Waals surface area contributed by atoms with Crippen LogP contribution in [-0.2, 0) is 18.3 Å². The average molecular weight is 407 g/mol. The van der Waals surface area contributed by atoms with Crippen molar-refractivity contribution >= 4 is 16.6 Å². The number of rotatable bonds is 3. The molecule has 7 nitrogen and oxygen atoms in total. The number of hydrogen-bond acceptors (Lipinski definition) is 5. The zero-order valence-electron chi connectivity index (χ0n) is 17.1. The standard InChI is InChI=1S/C23H25N3O4/c1-25-10-9-22(15-5-3-6-16(11-15)30-2)13-19-18(12-23(22,27)14-25)17-7-4-8-20(26(28)29)21(17)24-19/h3-8,11,24,27H,9-10,12-14H2,1-2H3/t22-,23-/m0/s1. The molecule has 3 aromatic rings. The summed E-state index contributed by atoms with van der Waals surface area (Å²) in [5.41, 5.74) is 2.17. The van der Waals surface area contributed by atoms with Crippen molar-refractivity contribution < 1.29 is 14.8 Å². The summed E-state index contributed by atoms with van der Waals surface area (Å²) >= 11 is 0. The highest BCUT2D eigenvalue weighted by Gasteiger charge is 2.57. The summed E-state index contributed by atoms with van der Waals surface area (Å²) in [6.07, 6.45) is 1.85. The molecule has 2 aliphatic rings. The number of fused-ring (bicyclic) bond motifs is 4. The first-order valence-corrected chi connectivity index (χ1v) is 10.2. The van der Waals surface area contributed by atoms with Crippen molar-refractivity contribution in [2.45, 2.75) is 30.3 Å². The lowest BCUT2D eigenvalue weighted by Gasteiger charge is -2.56. The number of aromatic amines is 1. The van der Waals surface area contributed by atoms with Crippen LogP contribution in [0.4, 0.5) is 5.69 Å². The number of likely N-dealkylation sites (N-methyl/N-ethyl adjacent to an activating group) is 1. The van der Waals surface area contributed by atoms with E-state index in [0.717, 1.165) is 40.9 Å². The molecule has 2 aromatic carbocycles. The lowest BCUT2D eigenvalue weighted by molar-refractivity contribution is -0.383. The van der Waals surface area contributed by atoms with E-state index < -0.39 is 11.0 Å². The Kier molecular flexibility index (Phi) is 4.17. The van der Waals surface area contributed by atoms with E-state index in [2.05, 4.69) is 16.0 Å². The number of likely N-dealkylation sites (tertiary alicyclic amines) is 1. The van der Waals surface area contributed by atoms with Crippen LogP contribution in [0.15, 0.2) is 42.5 Å². The van der Waals surface area contributed by atoms with E-state index >= 15 is 0 Å². The number of nitro benzene ring substituents is 1. The van der Waals surface area contributed by atoms with Crippen molar-refractivity contribution in [1.82, 2.24) is 9.88 Å². The van der Waals surface area contributed by atoms with E-state index in [4.69, 9.17) is 4.74 Å². The molecule has 0 bridgehead atoms. The Hall–Kier alpha value is -2.90. The van der Waals surface area contributed by atoms with Gasteiger partial charge in [0.1, 0.15) is 11.3 Å². The van der Waals surface area contributed by atoms with E-state index in [1.165, 1.54) is 6.07 Å². The van der Waals surface area contributed by atoms with Gasteiger partial charge in [0, 0.05) is 41.9 Å². The minimum Gasteiger partial charge on any atom is -0.497 e. The maximum Gasteiger partial charge on any atom is 0.293 e. The molecule has 1 aliphatic heterocycles. The zero-order valence-corrected chi connectivity index (χ0v) is 17.1. The van der Waals surface area contributed by atoms with Gasteiger partial charge in [-0.3, -0.25) is 10.1 Å². The molecule has 0 amide bonds. The van der Waals surface area contributed by atoms with Crippen molar-refractivity contribution in [3.05, 3.63) is 69.4 Å². The van der Waals surface area contributed by atoms with Crippen LogP contribution in [0.5, 0.6) is 5.75 Å². The topological polar surface area (TPSA) is 91.6 Å². The second-order valence-electron chi connectivity index (χ2n) is 8.73. The minimum atomic E-state index is -0.987. The molecule has 5 rings (SSSR count). The molecule has 7 heteroatoms. The third kappa shape index (κ3) is 2.58. The van der Waals surface area contributed by atoms with Crippen molar-refractivity contribution in [3.8, 4) is 5.75 Å². The predicted octanol–water partition coefficient (Wildman–Crippen LogP) is 3.19. The zero-order chi connectivity index (χ0) is 21.1. The number of aromatic nitrogens is 1. The summed E-state index contributed by atoms with van der Waals surface area (Å²) < 4.78 is 5.46. The van der Waals surface area contributed by atoms with Gasteiger partial charge < -0.3 is 19.7 Å². The second-order valence-corrected chi connectivity index (χ2v) is 8.73. The van der Waals surface area contributed by atoms with Crippen molar-refractivity contribution in [1.29, 1.82) is 0 Å². The molecule has 2 N–H and O–H groups in total. The minimum absolute atomic E-state index is 0.0735. The highest BCUT2D eigenvalue weighted by molar-refractivity contribution is 5.92. The number of nitrogens with zero attached hydrogens (tertiary/aromatic N) is 2. The number of β-amino-alcohol motifs (C(OH)–C–C–N with tert-alkyl or cyclic N) is 1. The maximum absolute atomic E-state index is 12.1. The fraction of sp³-hybridized carbons (Fsp3) is 0.391. The highest BCUT2D eigenvalue weighted by atomic mass is 16.6. The molecule has 2 atom stereocenters. The molecule has 0 spiro atoms. The van der Waals surface area contributed by atoms with Gasteiger partial charge in [-0.25, -0.2) is 0 Å². The largest absolute Gasteiger partial charge is 0.497 e. The van der Waals surface area contributed by atoms with Crippen LogP contribution >= 0.6 is 0 Å². The smallest absolute Gasteiger partial charge is 0.293 e. The normalized spacial score (nSPS) is 26.2. The lowest BCUT2D eigenvalue weighted by atomic mass is 9.56. The summed E-state index contributed by atoms with van der Waals surface area (Å²) in [7, 11) is 3.68. The number of nitro groups is 1. The van der Waals surface area contributed by atoms with Gasteiger partial charge in [0.2, 0.25) is 0 Å². The molecule has 1 aliphatic carbocycles. The molecule has 0 radical (unpaired) electrons. The van der Waals surface area contributed by atoms with Crippen LogP contribution in [0.2, 0.25) is 0 Å². The number of methoxy groups -OCH3 is 1. The van der Waals surface area contributed by atoms with Gasteiger partial charge in [-0.05, 0) is 43.3 Å². The number of para-hydroxylation sites is 1. The molecular weight excluding hydrogens is 382 g/mol. The number of hydrogen-bond donors (Lipinski definition) is 2. The molecular formula is C23H25N3O4. The van der Waals surface area contributed by atoms with E-state index in [0.29, 0.717) is 24.9 Å². The predicted molar refractivity (Wildman–Crippen MR) is 114 cm³/mol. The highest BCUT2D eigenvalue weighted by Crippen LogP contribution is 2.52. The molecule has 1 aromatic heterocycles. The van der Waals surface area contributed by atoms with Crippen LogP contribution in [-0.4, -0.2) is 52.8 Å². The first-order valence-electron chi connectivity index (χ1n) is 10.2. The van der Waals surface area contributed by atoms with Gasteiger partial charge >= 0.3 is 0 Å². The number of nitrogens with one attached hydrogen (secondary N) is 1. The molecule has 1 saturated heterocycles. The van der Waals surface area contributed by atoms with Crippen LogP contribution in [0.1, 0.15) is 23.2 Å². The van der Waals surface area contributed by atoms with E-state index in [1.807, 2.05) is 31.3 Å². The Bertz CT molecular complexity index is 1160. The maximum atomic E-state index is 12.1. The number of non-ortho nitro benzene ring substituents is 1. The van der Waals surface area contributed by atoms with Gasteiger partial charge in [0.25, 0.3) is 5.69 Å². The van der Waals surface area contributed by atoms with Gasteiger partial charge in [-0.2, -0.15) is 0 Å². The lowest BCUT2D eigenvalue weighted by Crippen LogP contribution is -2.65.